The highest BCUT2D eigenvalue weighted by Gasteiger charge is 2.64. The van der Waals surface area contributed by atoms with Gasteiger partial charge in [0.25, 0.3) is 5.91 Å². The van der Waals surface area contributed by atoms with Gasteiger partial charge in [0.05, 0.1) is 29.9 Å². The van der Waals surface area contributed by atoms with E-state index in [1.165, 1.54) is 12.1 Å². The largest absolute Gasteiger partial charge is 0.489 e. The van der Waals surface area contributed by atoms with Crippen molar-refractivity contribution in [2.24, 2.45) is 16.7 Å². The van der Waals surface area contributed by atoms with Gasteiger partial charge in [0.2, 0.25) is 11.8 Å². The van der Waals surface area contributed by atoms with Crippen LogP contribution in [0, 0.1) is 47.7 Å². The highest BCUT2D eigenvalue weighted by molar-refractivity contribution is 6.03. The summed E-state index contributed by atoms with van der Waals surface area (Å²) in [5.74, 6) is -1.89. The first-order valence-corrected chi connectivity index (χ1v) is 20.6. The lowest BCUT2D eigenvalue weighted by Gasteiger charge is -2.63. The topological polar surface area (TPSA) is 144 Å². The van der Waals surface area contributed by atoms with E-state index in [-0.39, 0.29) is 65.7 Å². The number of imide groups is 1. The summed E-state index contributed by atoms with van der Waals surface area (Å²) in [6.45, 7) is 18.1. The molecule has 0 radical (unpaired) electrons. The van der Waals surface area contributed by atoms with Crippen molar-refractivity contribution >= 4 is 34.9 Å². The number of halogens is 1. The average Bonchev–Trinajstić information content (AvgIpc) is 3.20. The van der Waals surface area contributed by atoms with Crippen molar-refractivity contribution in [1.29, 1.82) is 5.26 Å². The number of anilines is 2. The fourth-order valence-corrected chi connectivity index (χ4v) is 9.88. The Labute approximate surface area is 346 Å². The number of rotatable bonds is 11. The number of carbonyl (C=O) groups is 4. The lowest BCUT2D eigenvalue weighted by molar-refractivity contribution is -0.164. The number of nitriles is 1. The maximum Gasteiger partial charge on any atom is 0.251 e. The molecule has 312 valence electrons. The third-order valence-corrected chi connectivity index (χ3v) is 12.9. The predicted octanol–water partition coefficient (Wildman–Crippen LogP) is 5.58. The molecule has 12 nitrogen and oxygen atoms in total. The van der Waals surface area contributed by atoms with Gasteiger partial charge >= 0.3 is 0 Å². The van der Waals surface area contributed by atoms with Crippen LogP contribution in [-0.4, -0.2) is 99.1 Å². The van der Waals surface area contributed by atoms with Crippen molar-refractivity contribution in [3.05, 3.63) is 88.2 Å². The van der Waals surface area contributed by atoms with E-state index in [0.29, 0.717) is 36.5 Å². The zero-order valence-corrected chi connectivity index (χ0v) is 34.9. The van der Waals surface area contributed by atoms with E-state index < -0.39 is 23.4 Å². The molecule has 0 spiro atoms. The van der Waals surface area contributed by atoms with E-state index >= 15 is 4.39 Å². The number of piperidine rings is 1. The molecular formula is C46H55FN6O6. The summed E-state index contributed by atoms with van der Waals surface area (Å²) in [6, 6.07) is 18.4. The van der Waals surface area contributed by atoms with Crippen LogP contribution in [0.25, 0.3) is 0 Å². The smallest absolute Gasteiger partial charge is 0.251 e. The first kappa shape index (κ1) is 41.8. The van der Waals surface area contributed by atoms with Crippen LogP contribution in [0.15, 0.2) is 54.6 Å². The molecule has 4 fully saturated rings. The van der Waals surface area contributed by atoms with Crippen LogP contribution in [-0.2, 0) is 14.3 Å². The number of morpholine rings is 1. The Kier molecular flexibility index (Phi) is 11.9. The lowest BCUT2D eigenvalue weighted by Crippen LogP contribution is -2.74. The Morgan fingerprint density at radius 1 is 0.932 bits per heavy atom. The summed E-state index contributed by atoms with van der Waals surface area (Å²) in [5, 5.41) is 15.0. The van der Waals surface area contributed by atoms with Crippen LogP contribution >= 0.6 is 0 Å². The highest BCUT2D eigenvalue weighted by atomic mass is 19.1. The fourth-order valence-electron chi connectivity index (χ4n) is 9.88. The van der Waals surface area contributed by atoms with E-state index in [1.807, 2.05) is 50.2 Å². The lowest BCUT2D eigenvalue weighted by atomic mass is 9.49. The van der Waals surface area contributed by atoms with Gasteiger partial charge in [-0.25, -0.2) is 4.39 Å². The number of benzene rings is 3. The van der Waals surface area contributed by atoms with Gasteiger partial charge in [-0.15, -0.1) is 0 Å². The van der Waals surface area contributed by atoms with E-state index in [0.717, 1.165) is 55.3 Å². The highest BCUT2D eigenvalue weighted by Crippen LogP contribution is 2.55. The van der Waals surface area contributed by atoms with Crippen molar-refractivity contribution in [3.8, 4) is 11.8 Å². The van der Waals surface area contributed by atoms with Gasteiger partial charge < -0.3 is 24.6 Å². The minimum atomic E-state index is -0.627. The van der Waals surface area contributed by atoms with E-state index in [1.54, 1.807) is 6.07 Å². The van der Waals surface area contributed by atoms with Crippen LogP contribution < -0.4 is 25.2 Å². The van der Waals surface area contributed by atoms with E-state index in [4.69, 9.17) is 9.47 Å². The standard InChI is InChI=1S/C46H55FN6O6/c1-28-21-34(22-29(2)37(28)25-48)59-44-45(3,4)43(46(44,5)6)50-41(56)30-7-10-32(11-8-30)53-19-20-58-35(27-53)26-51-15-17-52(18-16-51)33-12-13-36(38(47)24-33)39(54)23-31-9-14-40(55)49-42(31)57/h7-8,10-13,21-22,24,31,35,43-44H,9,14-20,23,26-27H2,1-6H3,(H,50,56)(H,49,55,57)/t31-,35-,43?,44?/m0/s1. The molecule has 1 aliphatic carbocycles. The molecule has 13 heteroatoms. The second kappa shape index (κ2) is 16.7. The Bertz CT molecular complexity index is 2120. The van der Waals surface area contributed by atoms with Gasteiger partial charge in [0.1, 0.15) is 17.7 Å². The third-order valence-electron chi connectivity index (χ3n) is 12.9. The Morgan fingerprint density at radius 2 is 1.59 bits per heavy atom. The Morgan fingerprint density at radius 3 is 2.22 bits per heavy atom. The van der Waals surface area contributed by atoms with Crippen molar-refractivity contribution < 1.29 is 33.0 Å². The number of hydrogen-bond acceptors (Lipinski definition) is 10. The molecule has 3 aliphatic heterocycles. The molecule has 3 aromatic carbocycles. The average molecular weight is 807 g/mol. The third kappa shape index (κ3) is 8.70. The molecule has 59 heavy (non-hydrogen) atoms. The number of piperazine rings is 1. The maximum atomic E-state index is 15.2. The van der Waals surface area contributed by atoms with Crippen LogP contribution in [0.3, 0.4) is 0 Å². The maximum absolute atomic E-state index is 15.2. The van der Waals surface area contributed by atoms with Crippen LogP contribution in [0.5, 0.6) is 5.75 Å². The number of Topliss-reactive ketones (excluding diaryl/α,β-unsaturated/α-hetero) is 1. The number of hydrogen-bond donors (Lipinski definition) is 2. The number of nitrogens with one attached hydrogen (secondary N) is 2. The Hall–Kier alpha value is -5.32. The summed E-state index contributed by atoms with van der Waals surface area (Å²) < 4.78 is 27.9. The van der Waals surface area contributed by atoms with Gasteiger partial charge in [-0.3, -0.25) is 29.4 Å². The van der Waals surface area contributed by atoms with Crippen molar-refractivity contribution in [1.82, 2.24) is 15.5 Å². The number of nitrogens with zero attached hydrogens (tertiary/aromatic N) is 4. The first-order valence-electron chi connectivity index (χ1n) is 20.6. The van der Waals surface area contributed by atoms with Gasteiger partial charge in [-0.2, -0.15) is 5.26 Å². The molecule has 1 saturated carbocycles. The number of ketones is 1. The van der Waals surface area contributed by atoms with E-state index in [9.17, 15) is 24.4 Å². The van der Waals surface area contributed by atoms with Crippen LogP contribution in [0.4, 0.5) is 15.8 Å². The zero-order chi connectivity index (χ0) is 42.2. The van der Waals surface area contributed by atoms with E-state index in [2.05, 4.69) is 59.1 Å². The summed E-state index contributed by atoms with van der Waals surface area (Å²) >= 11 is 0. The SMILES string of the molecule is Cc1cc(OC2C(C)(C)C(NC(=O)c3ccc(N4CCO[C@@H](CN5CCN(c6ccc(C(=O)C[C@@H]7CCC(=O)NC7=O)c(F)c6)CC5)C4)cc3)C2(C)C)cc(C)c1C#N. The molecule has 7 rings (SSSR count). The summed E-state index contributed by atoms with van der Waals surface area (Å²) in [4.78, 5) is 56.7. The molecule has 3 aromatic rings. The monoisotopic (exact) mass is 806 g/mol. The van der Waals surface area contributed by atoms with Gasteiger partial charge in [-0.1, -0.05) is 27.7 Å². The minimum Gasteiger partial charge on any atom is -0.489 e. The summed E-state index contributed by atoms with van der Waals surface area (Å²) in [7, 11) is 0. The molecule has 0 bridgehead atoms. The molecule has 3 amide bonds. The fraction of sp³-hybridized carbons (Fsp3) is 0.500. The summed E-state index contributed by atoms with van der Waals surface area (Å²) in [6.07, 6.45) is 0.196. The van der Waals surface area contributed by atoms with Gasteiger partial charge in [0, 0.05) is 98.4 Å². The first-order chi connectivity index (χ1) is 28.0. The normalized spacial score (nSPS) is 24.1. The molecule has 3 heterocycles. The minimum absolute atomic E-state index is 0.000683. The molecule has 0 unspecified atom stereocenters. The molecule has 0 aromatic heterocycles. The van der Waals surface area contributed by atoms with Crippen molar-refractivity contribution in [2.75, 3.05) is 62.2 Å². The van der Waals surface area contributed by atoms with Gasteiger partial charge in [-0.05, 0) is 86.0 Å². The van der Waals surface area contributed by atoms with Gasteiger partial charge in [0.15, 0.2) is 5.78 Å². The van der Waals surface area contributed by atoms with Crippen LogP contribution in [0.2, 0.25) is 0 Å². The molecule has 4 aliphatic rings. The zero-order valence-electron chi connectivity index (χ0n) is 34.9. The number of aryl methyl sites for hydroxylation is 2. The predicted molar refractivity (Wildman–Crippen MR) is 222 cm³/mol. The number of ether oxygens (including phenoxy) is 2. The summed E-state index contributed by atoms with van der Waals surface area (Å²) in [5.41, 5.74) is 4.07. The Balaban J connectivity index is 0.879. The molecule has 2 atom stereocenters. The molecule has 3 saturated heterocycles. The molecule has 2 N–H and O–H groups in total. The van der Waals surface area contributed by atoms with Crippen molar-refractivity contribution in [2.45, 2.75) is 79.1 Å². The number of carbonyl (C=O) groups excluding carboxylic acids is 4. The van der Waals surface area contributed by atoms with Crippen molar-refractivity contribution in [3.63, 3.8) is 0 Å². The number of amides is 3. The quantitative estimate of drug-likeness (QED) is 0.186. The second-order valence-corrected chi connectivity index (χ2v) is 17.8. The molecular weight excluding hydrogens is 752 g/mol. The second-order valence-electron chi connectivity index (χ2n) is 17.8. The van der Waals surface area contributed by atoms with Crippen LogP contribution in [0.1, 0.15) is 84.4 Å².